The Morgan fingerprint density at radius 3 is 2.64 bits per heavy atom. The number of carbonyl (C=O) groups is 1. The molecule has 1 amide bonds. The normalized spacial score (nSPS) is 11.9. The monoisotopic (exact) mass is 346 g/mol. The van der Waals surface area contributed by atoms with Crippen molar-refractivity contribution in [1.82, 2.24) is 15.1 Å². The zero-order valence-corrected chi connectivity index (χ0v) is 15.0. The highest BCUT2D eigenvalue weighted by Crippen LogP contribution is 2.26. The number of nitro groups is 1. The first kappa shape index (κ1) is 18.4. The molecule has 1 unspecified atom stereocenters. The number of aromatic nitrogens is 2. The van der Waals surface area contributed by atoms with Crippen LogP contribution in [0.1, 0.15) is 35.5 Å². The van der Waals surface area contributed by atoms with Gasteiger partial charge in [0.15, 0.2) is 0 Å². The Kier molecular flexibility index (Phi) is 5.41. The molecule has 2 aromatic rings. The number of methoxy groups -OCH3 is 1. The molecular weight excluding hydrogens is 324 g/mol. The van der Waals surface area contributed by atoms with Crippen molar-refractivity contribution in [2.45, 2.75) is 40.3 Å². The molecule has 0 radical (unpaired) electrons. The Labute approximate surface area is 145 Å². The summed E-state index contributed by atoms with van der Waals surface area (Å²) >= 11 is 0. The van der Waals surface area contributed by atoms with Crippen molar-refractivity contribution >= 4 is 11.6 Å². The fourth-order valence-electron chi connectivity index (χ4n) is 2.80. The summed E-state index contributed by atoms with van der Waals surface area (Å²) in [6.45, 7) is 6.88. The number of carbonyl (C=O) groups excluding carboxylic acids is 1. The highest BCUT2D eigenvalue weighted by Gasteiger charge is 2.23. The number of nitrogens with zero attached hydrogens (tertiary/aromatic N) is 3. The van der Waals surface area contributed by atoms with Gasteiger partial charge >= 0.3 is 5.69 Å². The average molecular weight is 346 g/mol. The van der Waals surface area contributed by atoms with E-state index in [4.69, 9.17) is 4.74 Å². The number of nitrogens with one attached hydrogen (secondary N) is 1. The van der Waals surface area contributed by atoms with Gasteiger partial charge in [-0.1, -0.05) is 17.7 Å². The molecule has 8 heteroatoms. The van der Waals surface area contributed by atoms with Crippen molar-refractivity contribution in [3.63, 3.8) is 0 Å². The first-order chi connectivity index (χ1) is 11.7. The lowest BCUT2D eigenvalue weighted by Crippen LogP contribution is -2.31. The first-order valence-corrected chi connectivity index (χ1v) is 7.86. The number of ether oxygens (including phenoxy) is 1. The lowest BCUT2D eigenvalue weighted by atomic mass is 10.0. The summed E-state index contributed by atoms with van der Waals surface area (Å²) in [6.07, 6.45) is 0. The van der Waals surface area contributed by atoms with Crippen LogP contribution in [0.5, 0.6) is 5.75 Å². The molecule has 25 heavy (non-hydrogen) atoms. The molecule has 1 aromatic carbocycles. The molecule has 0 saturated carbocycles. The predicted octanol–water partition coefficient (Wildman–Crippen LogP) is 2.60. The molecule has 1 aromatic heterocycles. The smallest absolute Gasteiger partial charge is 0.312 e. The van der Waals surface area contributed by atoms with Crippen LogP contribution >= 0.6 is 0 Å². The summed E-state index contributed by atoms with van der Waals surface area (Å²) in [7, 11) is 1.58. The van der Waals surface area contributed by atoms with Gasteiger partial charge in [-0.05, 0) is 33.8 Å². The van der Waals surface area contributed by atoms with Gasteiger partial charge in [-0.2, -0.15) is 5.10 Å². The van der Waals surface area contributed by atoms with E-state index < -0.39 is 4.92 Å². The van der Waals surface area contributed by atoms with Crippen LogP contribution in [0.25, 0.3) is 0 Å². The first-order valence-electron chi connectivity index (χ1n) is 7.86. The third-order valence-electron chi connectivity index (χ3n) is 4.05. The van der Waals surface area contributed by atoms with Gasteiger partial charge in [0.1, 0.15) is 23.7 Å². The zero-order valence-electron chi connectivity index (χ0n) is 15.0. The van der Waals surface area contributed by atoms with E-state index in [-0.39, 0.29) is 24.2 Å². The molecule has 2 rings (SSSR count). The Morgan fingerprint density at radius 2 is 2.08 bits per heavy atom. The number of amides is 1. The molecule has 0 aliphatic heterocycles. The second-order valence-corrected chi connectivity index (χ2v) is 5.97. The summed E-state index contributed by atoms with van der Waals surface area (Å²) in [5.41, 5.74) is 2.53. The fourth-order valence-corrected chi connectivity index (χ4v) is 2.80. The molecule has 1 atom stereocenters. The number of hydrogen-bond acceptors (Lipinski definition) is 5. The second kappa shape index (κ2) is 7.33. The maximum atomic E-state index is 12.3. The van der Waals surface area contributed by atoms with Crippen molar-refractivity contribution < 1.29 is 14.5 Å². The molecule has 134 valence electrons. The van der Waals surface area contributed by atoms with Crippen LogP contribution in [0.2, 0.25) is 0 Å². The van der Waals surface area contributed by atoms with Gasteiger partial charge < -0.3 is 10.1 Å². The highest BCUT2D eigenvalue weighted by molar-refractivity contribution is 5.76. The van der Waals surface area contributed by atoms with Crippen LogP contribution in [-0.2, 0) is 11.3 Å². The van der Waals surface area contributed by atoms with Gasteiger partial charge in [0, 0.05) is 5.56 Å². The summed E-state index contributed by atoms with van der Waals surface area (Å²) < 4.78 is 6.69. The SMILES string of the molecule is COc1ccc(C)cc1C(C)NC(=O)Cn1nc(C)c([N+](=O)[O-])c1C. The summed E-state index contributed by atoms with van der Waals surface area (Å²) in [5, 5.41) is 18.0. The maximum Gasteiger partial charge on any atom is 0.312 e. The third-order valence-corrected chi connectivity index (χ3v) is 4.05. The van der Waals surface area contributed by atoms with Crippen molar-refractivity contribution in [1.29, 1.82) is 0 Å². The Morgan fingerprint density at radius 1 is 1.40 bits per heavy atom. The van der Waals surface area contributed by atoms with E-state index in [0.29, 0.717) is 17.1 Å². The van der Waals surface area contributed by atoms with Gasteiger partial charge in [0.2, 0.25) is 5.91 Å². The minimum Gasteiger partial charge on any atom is -0.496 e. The van der Waals surface area contributed by atoms with Crippen LogP contribution in [0.15, 0.2) is 18.2 Å². The van der Waals surface area contributed by atoms with Crippen LogP contribution in [0.3, 0.4) is 0 Å². The third kappa shape index (κ3) is 3.96. The fraction of sp³-hybridized carbons (Fsp3) is 0.412. The standard InChI is InChI=1S/C17H22N4O4/c1-10-6-7-15(25-5)14(8-10)11(2)18-16(22)9-20-13(4)17(21(23)24)12(3)19-20/h6-8,11H,9H2,1-5H3,(H,18,22). The van der Waals surface area contributed by atoms with E-state index in [9.17, 15) is 14.9 Å². The van der Waals surface area contributed by atoms with Crippen LogP contribution < -0.4 is 10.1 Å². The van der Waals surface area contributed by atoms with E-state index in [1.165, 1.54) is 4.68 Å². The maximum absolute atomic E-state index is 12.3. The van der Waals surface area contributed by atoms with Gasteiger partial charge in [0.05, 0.1) is 18.1 Å². The van der Waals surface area contributed by atoms with Crippen molar-refractivity contribution in [3.8, 4) is 5.75 Å². The van der Waals surface area contributed by atoms with Crippen molar-refractivity contribution in [2.24, 2.45) is 0 Å². The minimum atomic E-state index is -0.480. The molecule has 0 bridgehead atoms. The lowest BCUT2D eigenvalue weighted by Gasteiger charge is -2.18. The van der Waals surface area contributed by atoms with Gasteiger partial charge in [0.25, 0.3) is 0 Å². The number of benzene rings is 1. The van der Waals surface area contributed by atoms with Crippen LogP contribution in [0.4, 0.5) is 5.69 Å². The molecule has 0 saturated heterocycles. The summed E-state index contributed by atoms with van der Waals surface area (Å²) in [6, 6.07) is 5.48. The number of hydrogen-bond donors (Lipinski definition) is 1. The predicted molar refractivity (Wildman–Crippen MR) is 92.6 cm³/mol. The van der Waals surface area contributed by atoms with E-state index in [2.05, 4.69) is 10.4 Å². The van der Waals surface area contributed by atoms with Crippen LogP contribution in [-0.4, -0.2) is 27.7 Å². The Hall–Kier alpha value is -2.90. The van der Waals surface area contributed by atoms with Crippen molar-refractivity contribution in [3.05, 3.63) is 50.8 Å². The Balaban J connectivity index is 2.14. The molecule has 1 heterocycles. The van der Waals surface area contributed by atoms with E-state index in [1.807, 2.05) is 32.0 Å². The summed E-state index contributed by atoms with van der Waals surface area (Å²) in [5.74, 6) is 0.414. The molecular formula is C17H22N4O4. The molecule has 0 aliphatic rings. The zero-order chi connectivity index (χ0) is 18.7. The van der Waals surface area contributed by atoms with Crippen LogP contribution in [0, 0.1) is 30.9 Å². The topological polar surface area (TPSA) is 99.3 Å². The van der Waals surface area contributed by atoms with E-state index in [1.54, 1.807) is 21.0 Å². The second-order valence-electron chi connectivity index (χ2n) is 5.97. The van der Waals surface area contributed by atoms with Crippen molar-refractivity contribution in [2.75, 3.05) is 7.11 Å². The number of rotatable bonds is 6. The lowest BCUT2D eigenvalue weighted by molar-refractivity contribution is -0.386. The molecule has 0 spiro atoms. The molecule has 8 nitrogen and oxygen atoms in total. The highest BCUT2D eigenvalue weighted by atomic mass is 16.6. The number of aryl methyl sites for hydroxylation is 2. The quantitative estimate of drug-likeness (QED) is 0.640. The van der Waals surface area contributed by atoms with E-state index >= 15 is 0 Å². The molecule has 0 aliphatic carbocycles. The van der Waals surface area contributed by atoms with Gasteiger partial charge in [-0.3, -0.25) is 19.6 Å². The summed E-state index contributed by atoms with van der Waals surface area (Å²) in [4.78, 5) is 22.9. The Bertz CT molecular complexity index is 813. The minimum absolute atomic E-state index is 0.0544. The van der Waals surface area contributed by atoms with Gasteiger partial charge in [-0.15, -0.1) is 0 Å². The molecule has 0 fully saturated rings. The molecule has 1 N–H and O–H groups in total. The average Bonchev–Trinajstić information content (AvgIpc) is 2.80. The largest absolute Gasteiger partial charge is 0.496 e. The van der Waals surface area contributed by atoms with Gasteiger partial charge in [-0.25, -0.2) is 0 Å². The van der Waals surface area contributed by atoms with E-state index in [0.717, 1.165) is 11.1 Å².